The number of thiol groups is 2. The lowest BCUT2D eigenvalue weighted by Gasteiger charge is -2.24. The van der Waals surface area contributed by atoms with Crippen LogP contribution in [0.5, 0.6) is 0 Å². The van der Waals surface area contributed by atoms with Gasteiger partial charge in [0, 0.05) is 57.8 Å². The lowest BCUT2D eigenvalue weighted by atomic mass is 9.83. The van der Waals surface area contributed by atoms with E-state index in [4.69, 9.17) is 4.74 Å². The molecule has 0 radical (unpaired) electrons. The Morgan fingerprint density at radius 2 is 1.74 bits per heavy atom. The number of carbonyl (C=O) groups is 4. The summed E-state index contributed by atoms with van der Waals surface area (Å²) in [6.45, 7) is 9.66. The zero-order valence-corrected chi connectivity index (χ0v) is 28.3. The maximum absolute atomic E-state index is 12.7. The van der Waals surface area contributed by atoms with Crippen LogP contribution in [0.2, 0.25) is 0 Å². The molecule has 5 heterocycles. The van der Waals surface area contributed by atoms with E-state index in [1.54, 1.807) is 6.08 Å². The van der Waals surface area contributed by atoms with Gasteiger partial charge in [0.05, 0.1) is 12.1 Å². The highest BCUT2D eigenvalue weighted by Crippen LogP contribution is 2.54. The highest BCUT2D eigenvalue weighted by Gasteiger charge is 2.69. The topological polar surface area (TPSA) is 173 Å². The molecule has 1 spiro atoms. The van der Waals surface area contributed by atoms with Crippen LogP contribution in [-0.2, 0) is 30.3 Å². The fraction of sp³-hybridized carbons (Fsp3) is 0.515. The SMILES string of the molecule is CC1=C(/C=C/S)C(=O)N[C@@H]1/C=c1/[nH]/c(=C\C2=C(CCC(=O)O)C(C)[C@@]3(N2)O[C@H]3C2NC(=O)[C@H](C)[C@H]2C(C)S)c(CCC(=O)O)c1C. The first-order valence-electron chi connectivity index (χ1n) is 15.5. The average molecular weight is 671 g/mol. The first-order valence-corrected chi connectivity index (χ1v) is 16.6. The van der Waals surface area contributed by atoms with Gasteiger partial charge < -0.3 is 35.9 Å². The van der Waals surface area contributed by atoms with E-state index >= 15 is 0 Å². The standard InChI is InChI=1S/C33H42N4O7S2/c1-14-19(6-8-26(38)39)24(34-22(14)12-23-15(2)20(10-11-45)32(43)35-23)13-25-21(7-9-27(40)41)17(4)33(37-25)30(44-33)29-28(18(5)46)16(3)31(42)36-29/h10-13,16-18,23,28-30,34,37,45-46H,6-9H2,1-5H3,(H,35,43)(H,36,42)(H,38,39)(H,40,41)/b11-10+,22-12+,24-13-/t16-,17?,18?,23-,28+,29?,30+,33-/m1/s1. The van der Waals surface area contributed by atoms with Gasteiger partial charge in [-0.1, -0.05) is 20.8 Å². The number of carbonyl (C=O) groups excluding carboxylic acids is 2. The van der Waals surface area contributed by atoms with Crippen molar-refractivity contribution >= 4 is 61.2 Å². The molecular weight excluding hydrogens is 629 g/mol. The third-order valence-electron chi connectivity index (χ3n) is 10.1. The molecule has 1 aromatic heterocycles. The number of carboxylic acid groups (broad SMARTS) is 2. The second kappa shape index (κ2) is 13.0. The lowest BCUT2D eigenvalue weighted by Crippen LogP contribution is -2.45. The molecule has 46 heavy (non-hydrogen) atoms. The quantitative estimate of drug-likeness (QED) is 0.130. The molecule has 2 saturated heterocycles. The van der Waals surface area contributed by atoms with Gasteiger partial charge in [-0.3, -0.25) is 19.2 Å². The van der Waals surface area contributed by atoms with Crippen LogP contribution in [0.3, 0.4) is 0 Å². The van der Waals surface area contributed by atoms with E-state index in [2.05, 4.69) is 46.2 Å². The zero-order valence-electron chi connectivity index (χ0n) is 26.5. The maximum atomic E-state index is 12.7. The number of hydrogen-bond acceptors (Lipinski definition) is 8. The minimum atomic E-state index is -0.926. The highest BCUT2D eigenvalue weighted by atomic mass is 32.1. The number of aromatic amines is 1. The molecule has 248 valence electrons. The van der Waals surface area contributed by atoms with Gasteiger partial charge >= 0.3 is 11.9 Å². The second-order valence-corrected chi connectivity index (χ2v) is 13.9. The van der Waals surface area contributed by atoms with Gasteiger partial charge in [0.2, 0.25) is 5.91 Å². The van der Waals surface area contributed by atoms with Gasteiger partial charge in [-0.25, -0.2) is 0 Å². The van der Waals surface area contributed by atoms with Crippen LogP contribution in [0, 0.1) is 24.7 Å². The molecule has 0 saturated carbocycles. The van der Waals surface area contributed by atoms with Crippen LogP contribution in [-0.4, -0.2) is 68.1 Å². The predicted molar refractivity (Wildman–Crippen MR) is 179 cm³/mol. The Labute approximate surface area is 278 Å². The summed E-state index contributed by atoms with van der Waals surface area (Å²) in [5.74, 6) is -2.55. The predicted octanol–water partition coefficient (Wildman–Crippen LogP) is 1.68. The van der Waals surface area contributed by atoms with E-state index < -0.39 is 17.7 Å². The van der Waals surface area contributed by atoms with Crippen LogP contribution in [0.4, 0.5) is 0 Å². The van der Waals surface area contributed by atoms with Crippen molar-refractivity contribution in [1.82, 2.24) is 20.9 Å². The summed E-state index contributed by atoms with van der Waals surface area (Å²) >= 11 is 8.78. The van der Waals surface area contributed by atoms with Crippen LogP contribution in [0.25, 0.3) is 12.2 Å². The normalized spacial score (nSPS) is 32.2. The smallest absolute Gasteiger partial charge is 0.303 e. The van der Waals surface area contributed by atoms with Crippen molar-refractivity contribution in [3.63, 3.8) is 0 Å². The number of aromatic nitrogens is 1. The van der Waals surface area contributed by atoms with Crippen molar-refractivity contribution in [3.8, 4) is 0 Å². The number of allylic oxidation sites excluding steroid dienone is 1. The molecule has 5 rings (SSSR count). The number of carboxylic acids is 2. The number of rotatable bonds is 11. The second-order valence-electron chi connectivity index (χ2n) is 12.8. The third-order valence-corrected chi connectivity index (χ3v) is 10.6. The zero-order chi connectivity index (χ0) is 33.7. The first kappa shape index (κ1) is 33.9. The molecule has 2 amide bonds. The molecule has 0 bridgehead atoms. The van der Waals surface area contributed by atoms with E-state index in [-0.39, 0.29) is 78.7 Å². The van der Waals surface area contributed by atoms with Crippen molar-refractivity contribution in [1.29, 1.82) is 0 Å². The van der Waals surface area contributed by atoms with E-state index in [1.807, 2.05) is 46.8 Å². The van der Waals surface area contributed by atoms with Crippen molar-refractivity contribution in [2.75, 3.05) is 0 Å². The summed E-state index contributed by atoms with van der Waals surface area (Å²) in [5, 5.41) is 31.6. The summed E-state index contributed by atoms with van der Waals surface area (Å²) in [7, 11) is 0. The first-order chi connectivity index (χ1) is 21.7. The number of amides is 2. The molecular formula is C33H42N4O7S2. The Bertz CT molecular complexity index is 1690. The Hall–Kier alpha value is -3.42. The molecule has 8 atom stereocenters. The molecule has 0 aliphatic carbocycles. The van der Waals surface area contributed by atoms with Crippen LogP contribution in [0.1, 0.15) is 58.1 Å². The Kier molecular flexibility index (Phi) is 9.59. The maximum Gasteiger partial charge on any atom is 0.303 e. The van der Waals surface area contributed by atoms with Crippen molar-refractivity contribution in [3.05, 3.63) is 55.7 Å². The molecule has 4 aliphatic rings. The van der Waals surface area contributed by atoms with Gasteiger partial charge in [-0.05, 0) is 72.6 Å². The largest absolute Gasteiger partial charge is 0.481 e. The Balaban J connectivity index is 1.56. The molecule has 6 N–H and O–H groups in total. The number of epoxide rings is 1. The van der Waals surface area contributed by atoms with E-state index in [9.17, 15) is 29.4 Å². The van der Waals surface area contributed by atoms with Gasteiger partial charge in [-0.15, -0.1) is 0 Å². The Morgan fingerprint density at radius 1 is 1.07 bits per heavy atom. The molecule has 0 aromatic carbocycles. The van der Waals surface area contributed by atoms with Gasteiger partial charge in [0.15, 0.2) is 5.72 Å². The summed E-state index contributed by atoms with van der Waals surface area (Å²) < 4.78 is 6.40. The van der Waals surface area contributed by atoms with Crippen molar-refractivity contribution in [2.24, 2.45) is 17.8 Å². The van der Waals surface area contributed by atoms with Crippen LogP contribution in [0.15, 0.2) is 33.9 Å². The van der Waals surface area contributed by atoms with Gasteiger partial charge in [-0.2, -0.15) is 25.3 Å². The van der Waals surface area contributed by atoms with Crippen LogP contribution >= 0.6 is 25.3 Å². The van der Waals surface area contributed by atoms with E-state index in [0.717, 1.165) is 27.6 Å². The Morgan fingerprint density at radius 3 is 2.37 bits per heavy atom. The number of hydrogen-bond donors (Lipinski definition) is 8. The highest BCUT2D eigenvalue weighted by molar-refractivity contribution is 7.83. The van der Waals surface area contributed by atoms with Gasteiger partial charge in [0.25, 0.3) is 5.91 Å². The molecule has 11 nitrogen and oxygen atoms in total. The summed E-state index contributed by atoms with van der Waals surface area (Å²) in [5.41, 5.74) is 3.81. The molecule has 1 aromatic rings. The minimum absolute atomic E-state index is 0.0379. The number of H-pyrrole nitrogens is 1. The average Bonchev–Trinajstić information content (AvgIpc) is 3.26. The van der Waals surface area contributed by atoms with Crippen molar-refractivity contribution in [2.45, 2.75) is 89.5 Å². The fourth-order valence-corrected chi connectivity index (χ4v) is 8.00. The third kappa shape index (κ3) is 6.16. The summed E-state index contributed by atoms with van der Waals surface area (Å²) in [4.78, 5) is 51.9. The number of ether oxygens (including phenoxy) is 1. The lowest BCUT2D eigenvalue weighted by molar-refractivity contribution is -0.138. The molecule has 2 fully saturated rings. The molecule has 13 heteroatoms. The van der Waals surface area contributed by atoms with E-state index in [0.29, 0.717) is 16.6 Å². The van der Waals surface area contributed by atoms with Crippen LogP contribution < -0.4 is 26.6 Å². The minimum Gasteiger partial charge on any atom is -0.481 e. The molecule has 3 unspecified atom stereocenters. The summed E-state index contributed by atoms with van der Waals surface area (Å²) in [6.07, 6.45) is 5.53. The van der Waals surface area contributed by atoms with Gasteiger partial charge in [0.1, 0.15) is 6.10 Å². The number of nitrogens with one attached hydrogen (secondary N) is 4. The fourth-order valence-electron chi connectivity index (χ4n) is 7.41. The summed E-state index contributed by atoms with van der Waals surface area (Å²) in [6, 6.07) is -0.625. The van der Waals surface area contributed by atoms with Crippen molar-refractivity contribution < 1.29 is 34.1 Å². The molecule has 4 aliphatic heterocycles. The monoisotopic (exact) mass is 670 g/mol. The van der Waals surface area contributed by atoms with E-state index in [1.165, 1.54) is 5.41 Å². The number of aliphatic carboxylic acids is 2.